The zero-order chi connectivity index (χ0) is 29.4. The van der Waals surface area contributed by atoms with E-state index in [1.54, 1.807) is 12.4 Å². The van der Waals surface area contributed by atoms with Gasteiger partial charge in [0.05, 0.1) is 24.9 Å². The van der Waals surface area contributed by atoms with Crippen molar-refractivity contribution in [1.82, 2.24) is 29.2 Å². The number of nitriles is 1. The monoisotopic (exact) mass is 568 g/mol. The van der Waals surface area contributed by atoms with Gasteiger partial charge in [0, 0.05) is 82.0 Å². The maximum atomic E-state index is 14.4. The number of carbonyl (C=O) groups excluding carboxylic acids is 1. The number of nitrogens with one attached hydrogen (secondary N) is 1. The van der Waals surface area contributed by atoms with Crippen molar-refractivity contribution in [2.75, 3.05) is 58.7 Å². The summed E-state index contributed by atoms with van der Waals surface area (Å²) in [5.41, 5.74) is 5.56. The molecule has 0 bridgehead atoms. The number of fused-ring (bicyclic) bond motifs is 2. The van der Waals surface area contributed by atoms with E-state index in [1.807, 2.05) is 38.1 Å². The summed E-state index contributed by atoms with van der Waals surface area (Å²) in [5.74, 6) is 1.35. The number of piperazine rings is 1. The number of hydrogen-bond acceptors (Lipinski definition) is 8. The van der Waals surface area contributed by atoms with Crippen LogP contribution in [0, 0.1) is 11.3 Å². The van der Waals surface area contributed by atoms with Gasteiger partial charge in [0.2, 0.25) is 5.95 Å². The molecule has 4 heterocycles. The SMILES string of the molecule is CCOc1cc([C@H](C)N2CC3(CC3)c3c(CN4CCN(C)CC4)cc(Cn4ccnc4NC)cc3C2=O)ncc1C#N. The Kier molecular flexibility index (Phi) is 7.64. The van der Waals surface area contributed by atoms with Gasteiger partial charge in [-0.1, -0.05) is 6.07 Å². The standard InChI is InChI=1S/C32H40N8O2/c1-5-42-28-16-27(36-18-25(28)17-33)22(2)40-21-32(6-7-32)29-24(20-38-12-10-37(4)11-13-38)14-23(15-26(29)30(40)41)19-39-9-8-35-31(39)34-3/h8-9,14-16,18,22H,5-7,10-13,19-21H2,1-4H3,(H,34,35)/t22-/m0/s1. The van der Waals surface area contributed by atoms with Gasteiger partial charge in [0.1, 0.15) is 17.4 Å². The molecule has 1 atom stereocenters. The fourth-order valence-electron chi connectivity index (χ4n) is 6.59. The van der Waals surface area contributed by atoms with Crippen molar-refractivity contribution in [1.29, 1.82) is 5.26 Å². The Hall–Kier alpha value is -3.94. The van der Waals surface area contributed by atoms with E-state index >= 15 is 0 Å². The number of ether oxygens (including phenoxy) is 1. The van der Waals surface area contributed by atoms with Gasteiger partial charge in [-0.2, -0.15) is 5.26 Å². The number of benzene rings is 1. The van der Waals surface area contributed by atoms with E-state index in [1.165, 1.54) is 11.1 Å². The van der Waals surface area contributed by atoms with Gasteiger partial charge < -0.3 is 24.4 Å². The summed E-state index contributed by atoms with van der Waals surface area (Å²) in [5, 5.41) is 12.7. The van der Waals surface area contributed by atoms with Crippen molar-refractivity contribution in [3.05, 3.63) is 70.3 Å². The molecule has 6 rings (SSSR count). The number of likely N-dealkylation sites (N-methyl/N-ethyl adjacent to an activating group) is 1. The molecule has 2 aliphatic heterocycles. The number of carbonyl (C=O) groups is 1. The third-order valence-corrected chi connectivity index (χ3v) is 9.11. The highest BCUT2D eigenvalue weighted by atomic mass is 16.5. The molecule has 42 heavy (non-hydrogen) atoms. The van der Waals surface area contributed by atoms with Gasteiger partial charge >= 0.3 is 0 Å². The quantitative estimate of drug-likeness (QED) is 0.418. The summed E-state index contributed by atoms with van der Waals surface area (Å²) in [7, 11) is 4.05. The van der Waals surface area contributed by atoms with E-state index in [-0.39, 0.29) is 17.4 Å². The lowest BCUT2D eigenvalue weighted by atomic mass is 9.81. The number of aromatic nitrogens is 3. The molecule has 1 spiro atoms. The molecule has 10 heteroatoms. The van der Waals surface area contributed by atoms with Crippen LogP contribution in [0.2, 0.25) is 0 Å². The Balaban J connectivity index is 1.39. The number of nitrogens with zero attached hydrogens (tertiary/aromatic N) is 7. The Morgan fingerprint density at radius 3 is 2.62 bits per heavy atom. The molecule has 1 aromatic carbocycles. The van der Waals surface area contributed by atoms with Crippen molar-refractivity contribution in [3.63, 3.8) is 0 Å². The molecule has 220 valence electrons. The Morgan fingerprint density at radius 2 is 1.93 bits per heavy atom. The Bertz CT molecular complexity index is 1510. The highest BCUT2D eigenvalue weighted by Crippen LogP contribution is 2.55. The summed E-state index contributed by atoms with van der Waals surface area (Å²) in [6, 6.07) is 8.17. The summed E-state index contributed by atoms with van der Waals surface area (Å²) in [6.07, 6.45) is 7.47. The number of imidazole rings is 1. The van der Waals surface area contributed by atoms with E-state index in [9.17, 15) is 10.1 Å². The molecule has 1 aliphatic carbocycles. The molecular weight excluding hydrogens is 528 g/mol. The summed E-state index contributed by atoms with van der Waals surface area (Å²) in [6.45, 7) is 10.7. The number of amides is 1. The molecule has 2 aromatic heterocycles. The number of pyridine rings is 1. The van der Waals surface area contributed by atoms with E-state index in [0.717, 1.165) is 68.3 Å². The zero-order valence-corrected chi connectivity index (χ0v) is 25.1. The first kappa shape index (κ1) is 28.2. The molecular formula is C32H40N8O2. The lowest BCUT2D eigenvalue weighted by Gasteiger charge is -2.40. The maximum Gasteiger partial charge on any atom is 0.254 e. The van der Waals surface area contributed by atoms with Gasteiger partial charge in [-0.15, -0.1) is 0 Å². The normalized spacial score (nSPS) is 18.9. The predicted molar refractivity (Wildman–Crippen MR) is 161 cm³/mol. The second-order valence-electron chi connectivity index (χ2n) is 11.9. The third-order valence-electron chi connectivity index (χ3n) is 9.11. The molecule has 3 aliphatic rings. The second kappa shape index (κ2) is 11.4. The Morgan fingerprint density at radius 1 is 1.14 bits per heavy atom. The second-order valence-corrected chi connectivity index (χ2v) is 11.9. The first-order valence-electron chi connectivity index (χ1n) is 15.0. The van der Waals surface area contributed by atoms with E-state index in [2.05, 4.69) is 54.9 Å². The first-order valence-corrected chi connectivity index (χ1v) is 15.0. The van der Waals surface area contributed by atoms with Crippen molar-refractivity contribution >= 4 is 11.9 Å². The van der Waals surface area contributed by atoms with Crippen molar-refractivity contribution in [2.45, 2.75) is 51.2 Å². The number of anilines is 1. The highest BCUT2D eigenvalue weighted by Gasteiger charge is 2.53. The van der Waals surface area contributed by atoms with Gasteiger partial charge in [-0.05, 0) is 56.5 Å². The molecule has 1 saturated carbocycles. The molecule has 2 fully saturated rings. The molecule has 0 unspecified atom stereocenters. The minimum Gasteiger partial charge on any atom is -0.492 e. The van der Waals surface area contributed by atoms with Crippen LogP contribution in [0.1, 0.15) is 71.0 Å². The van der Waals surface area contributed by atoms with Crippen LogP contribution in [0.3, 0.4) is 0 Å². The molecule has 0 radical (unpaired) electrons. The van der Waals surface area contributed by atoms with Crippen molar-refractivity contribution in [2.24, 2.45) is 0 Å². The van der Waals surface area contributed by atoms with Crippen LogP contribution >= 0.6 is 0 Å². The van der Waals surface area contributed by atoms with Crippen LogP contribution < -0.4 is 10.1 Å². The van der Waals surface area contributed by atoms with Crippen LogP contribution in [0.15, 0.2) is 36.8 Å². The zero-order valence-electron chi connectivity index (χ0n) is 25.1. The van der Waals surface area contributed by atoms with E-state index < -0.39 is 0 Å². The van der Waals surface area contributed by atoms with Crippen molar-refractivity contribution in [3.8, 4) is 11.8 Å². The minimum atomic E-state index is -0.260. The van der Waals surface area contributed by atoms with Gasteiger partial charge in [0.25, 0.3) is 5.91 Å². The highest BCUT2D eigenvalue weighted by molar-refractivity contribution is 5.99. The molecule has 1 N–H and O–H groups in total. The lowest BCUT2D eigenvalue weighted by Crippen LogP contribution is -2.47. The molecule has 10 nitrogen and oxygen atoms in total. The molecule has 3 aromatic rings. The fraction of sp³-hybridized carbons (Fsp3) is 0.500. The van der Waals surface area contributed by atoms with Crippen LogP contribution in [0.25, 0.3) is 0 Å². The largest absolute Gasteiger partial charge is 0.492 e. The van der Waals surface area contributed by atoms with Crippen LogP contribution in [-0.4, -0.2) is 88.6 Å². The van der Waals surface area contributed by atoms with Crippen LogP contribution in [0.4, 0.5) is 5.95 Å². The van der Waals surface area contributed by atoms with Crippen molar-refractivity contribution < 1.29 is 9.53 Å². The first-order chi connectivity index (χ1) is 20.4. The van der Waals surface area contributed by atoms with E-state index in [0.29, 0.717) is 31.0 Å². The third kappa shape index (κ3) is 5.23. The number of rotatable bonds is 9. The fourth-order valence-corrected chi connectivity index (χ4v) is 6.59. The molecule has 1 saturated heterocycles. The summed E-state index contributed by atoms with van der Waals surface area (Å²) >= 11 is 0. The Labute approximate surface area is 247 Å². The predicted octanol–water partition coefficient (Wildman–Crippen LogP) is 3.63. The van der Waals surface area contributed by atoms with Gasteiger partial charge in [0.15, 0.2) is 0 Å². The summed E-state index contributed by atoms with van der Waals surface area (Å²) in [4.78, 5) is 30.3. The molecule has 1 amide bonds. The average Bonchev–Trinajstić information content (AvgIpc) is 3.62. The lowest BCUT2D eigenvalue weighted by molar-refractivity contribution is 0.0632. The van der Waals surface area contributed by atoms with Crippen LogP contribution in [0.5, 0.6) is 5.75 Å². The van der Waals surface area contributed by atoms with Gasteiger partial charge in [-0.3, -0.25) is 14.7 Å². The smallest absolute Gasteiger partial charge is 0.254 e. The topological polar surface area (TPSA) is 103 Å². The van der Waals surface area contributed by atoms with Crippen LogP contribution in [-0.2, 0) is 18.5 Å². The average molecular weight is 569 g/mol. The number of hydrogen-bond donors (Lipinski definition) is 1. The minimum absolute atomic E-state index is 0.0293. The van der Waals surface area contributed by atoms with E-state index in [4.69, 9.17) is 4.74 Å². The summed E-state index contributed by atoms with van der Waals surface area (Å²) < 4.78 is 7.82. The van der Waals surface area contributed by atoms with Gasteiger partial charge in [-0.25, -0.2) is 4.98 Å². The maximum absolute atomic E-state index is 14.4.